The van der Waals surface area contributed by atoms with Gasteiger partial charge in [0.25, 0.3) is 0 Å². The van der Waals surface area contributed by atoms with Crippen molar-refractivity contribution < 1.29 is 4.79 Å². The van der Waals surface area contributed by atoms with E-state index in [1.165, 1.54) is 5.57 Å². The Hall–Kier alpha value is -1.03. The molecule has 0 bridgehead atoms. The fraction of sp³-hybridized carbons (Fsp3) is 0.500. The summed E-state index contributed by atoms with van der Waals surface area (Å²) in [6.07, 6.45) is 7.24. The highest BCUT2D eigenvalue weighted by Crippen LogP contribution is 2.42. The zero-order valence-electron chi connectivity index (χ0n) is 13.2. The maximum absolute atomic E-state index is 12.9. The van der Waals surface area contributed by atoms with Crippen LogP contribution in [-0.4, -0.2) is 25.5 Å². The Morgan fingerprint density at radius 3 is 2.74 bits per heavy atom. The SMILES string of the molecule is Cl.O=C(NCC1=CCNCC1)C1(c2cccc(Cl)c2)CCCC1. The van der Waals surface area contributed by atoms with E-state index < -0.39 is 5.41 Å². The van der Waals surface area contributed by atoms with Gasteiger partial charge in [0.1, 0.15) is 0 Å². The molecule has 3 rings (SSSR count). The maximum atomic E-state index is 12.9. The molecule has 0 atom stereocenters. The second kappa shape index (κ2) is 8.18. The van der Waals surface area contributed by atoms with Crippen molar-refractivity contribution in [2.75, 3.05) is 19.6 Å². The first kappa shape index (κ1) is 18.3. The van der Waals surface area contributed by atoms with Crippen molar-refractivity contribution in [3.8, 4) is 0 Å². The molecule has 0 radical (unpaired) electrons. The summed E-state index contributed by atoms with van der Waals surface area (Å²) in [5, 5.41) is 7.17. The second-order valence-electron chi connectivity index (χ2n) is 6.30. The van der Waals surface area contributed by atoms with Gasteiger partial charge < -0.3 is 10.6 Å². The normalized spacial score (nSPS) is 19.6. The monoisotopic (exact) mass is 354 g/mol. The highest BCUT2D eigenvalue weighted by atomic mass is 35.5. The van der Waals surface area contributed by atoms with Gasteiger partial charge in [0.15, 0.2) is 0 Å². The van der Waals surface area contributed by atoms with E-state index in [9.17, 15) is 4.79 Å². The molecule has 126 valence electrons. The first-order valence-corrected chi connectivity index (χ1v) is 8.51. The molecule has 0 unspecified atom stereocenters. The summed E-state index contributed by atoms with van der Waals surface area (Å²) >= 11 is 6.14. The van der Waals surface area contributed by atoms with E-state index >= 15 is 0 Å². The molecule has 3 nitrogen and oxygen atoms in total. The minimum absolute atomic E-state index is 0. The topological polar surface area (TPSA) is 41.1 Å². The van der Waals surface area contributed by atoms with Crippen molar-refractivity contribution in [3.05, 3.63) is 46.5 Å². The molecule has 1 aliphatic carbocycles. The van der Waals surface area contributed by atoms with E-state index in [0.29, 0.717) is 11.6 Å². The Morgan fingerprint density at radius 2 is 2.09 bits per heavy atom. The van der Waals surface area contributed by atoms with Gasteiger partial charge in [-0.25, -0.2) is 0 Å². The van der Waals surface area contributed by atoms with Gasteiger partial charge in [-0.1, -0.05) is 48.2 Å². The molecule has 1 aromatic rings. The summed E-state index contributed by atoms with van der Waals surface area (Å²) in [7, 11) is 0. The molecule has 1 heterocycles. The molecule has 1 aromatic carbocycles. The molecule has 0 spiro atoms. The number of halogens is 2. The van der Waals surface area contributed by atoms with Crippen molar-refractivity contribution in [2.45, 2.75) is 37.5 Å². The average molecular weight is 355 g/mol. The Kier molecular flexibility index (Phi) is 6.51. The highest BCUT2D eigenvalue weighted by Gasteiger charge is 2.42. The first-order chi connectivity index (χ1) is 10.7. The number of nitrogens with one attached hydrogen (secondary N) is 2. The molecule has 1 fully saturated rings. The van der Waals surface area contributed by atoms with Crippen LogP contribution < -0.4 is 10.6 Å². The Bertz CT molecular complexity index is 580. The molecule has 23 heavy (non-hydrogen) atoms. The van der Waals surface area contributed by atoms with E-state index in [-0.39, 0.29) is 18.3 Å². The van der Waals surface area contributed by atoms with Gasteiger partial charge >= 0.3 is 0 Å². The standard InChI is InChI=1S/C18H23ClN2O.ClH/c19-16-5-3-4-15(12-16)18(8-1-2-9-18)17(22)21-13-14-6-10-20-11-7-14;/h3-6,12,20H,1-2,7-11,13H2,(H,21,22);1H. The molecular formula is C18H24Cl2N2O. The summed E-state index contributed by atoms with van der Waals surface area (Å²) in [4.78, 5) is 12.9. The Labute approximate surface area is 149 Å². The zero-order chi connectivity index (χ0) is 15.4. The lowest BCUT2D eigenvalue weighted by Gasteiger charge is -2.29. The van der Waals surface area contributed by atoms with Crippen LogP contribution in [0.2, 0.25) is 5.02 Å². The Morgan fingerprint density at radius 1 is 1.30 bits per heavy atom. The van der Waals surface area contributed by atoms with Gasteiger partial charge in [-0.2, -0.15) is 0 Å². The van der Waals surface area contributed by atoms with Crippen molar-refractivity contribution in [2.24, 2.45) is 0 Å². The van der Waals surface area contributed by atoms with Gasteiger partial charge in [0, 0.05) is 18.1 Å². The first-order valence-electron chi connectivity index (χ1n) is 8.14. The largest absolute Gasteiger partial charge is 0.352 e. The van der Waals surface area contributed by atoms with Crippen LogP contribution in [-0.2, 0) is 10.2 Å². The predicted molar refractivity (Wildman–Crippen MR) is 97.4 cm³/mol. The van der Waals surface area contributed by atoms with E-state index in [0.717, 1.165) is 50.8 Å². The average Bonchev–Trinajstić information content (AvgIpc) is 3.05. The Balaban J connectivity index is 0.00000192. The minimum atomic E-state index is -0.390. The van der Waals surface area contributed by atoms with Crippen LogP contribution in [0.5, 0.6) is 0 Å². The minimum Gasteiger partial charge on any atom is -0.352 e. The van der Waals surface area contributed by atoms with E-state index in [2.05, 4.69) is 16.7 Å². The fourth-order valence-electron chi connectivity index (χ4n) is 3.60. The van der Waals surface area contributed by atoms with E-state index in [1.807, 2.05) is 24.3 Å². The van der Waals surface area contributed by atoms with Crippen molar-refractivity contribution >= 4 is 29.9 Å². The molecular weight excluding hydrogens is 331 g/mol. The van der Waals surface area contributed by atoms with Crippen LogP contribution >= 0.6 is 24.0 Å². The number of amides is 1. The molecule has 2 N–H and O–H groups in total. The third kappa shape index (κ3) is 4.09. The second-order valence-corrected chi connectivity index (χ2v) is 6.74. The third-order valence-electron chi connectivity index (χ3n) is 4.90. The van der Waals surface area contributed by atoms with Crippen molar-refractivity contribution in [1.82, 2.24) is 10.6 Å². The van der Waals surface area contributed by atoms with Crippen LogP contribution in [0.15, 0.2) is 35.9 Å². The number of carbonyl (C=O) groups excluding carboxylic acids is 1. The molecule has 0 aromatic heterocycles. The summed E-state index contributed by atoms with van der Waals surface area (Å²) in [6.45, 7) is 2.58. The molecule has 5 heteroatoms. The van der Waals surface area contributed by atoms with Gasteiger partial charge in [-0.3, -0.25) is 4.79 Å². The lowest BCUT2D eigenvalue weighted by atomic mass is 9.78. The number of hydrogen-bond acceptors (Lipinski definition) is 2. The smallest absolute Gasteiger partial charge is 0.230 e. The lowest BCUT2D eigenvalue weighted by molar-refractivity contribution is -0.126. The molecule has 0 saturated heterocycles. The van der Waals surface area contributed by atoms with E-state index in [1.54, 1.807) is 0 Å². The van der Waals surface area contributed by atoms with Crippen molar-refractivity contribution in [3.63, 3.8) is 0 Å². The summed E-state index contributed by atoms with van der Waals surface area (Å²) in [6, 6.07) is 7.81. The number of carbonyl (C=O) groups is 1. The molecule has 1 aliphatic heterocycles. The van der Waals surface area contributed by atoms with Crippen molar-refractivity contribution in [1.29, 1.82) is 0 Å². The highest BCUT2D eigenvalue weighted by molar-refractivity contribution is 6.30. The quantitative estimate of drug-likeness (QED) is 0.810. The van der Waals surface area contributed by atoms with E-state index in [4.69, 9.17) is 11.6 Å². The maximum Gasteiger partial charge on any atom is 0.230 e. The predicted octanol–water partition coefficient (Wildman–Crippen LogP) is 3.61. The van der Waals surface area contributed by atoms with Gasteiger partial charge in [-0.15, -0.1) is 12.4 Å². The van der Waals surface area contributed by atoms with Gasteiger partial charge in [0.05, 0.1) is 5.41 Å². The van der Waals surface area contributed by atoms with Crippen LogP contribution in [0.3, 0.4) is 0 Å². The lowest BCUT2D eigenvalue weighted by Crippen LogP contribution is -2.43. The number of rotatable bonds is 4. The van der Waals surface area contributed by atoms with Gasteiger partial charge in [0.2, 0.25) is 5.91 Å². The third-order valence-corrected chi connectivity index (χ3v) is 5.14. The molecule has 1 amide bonds. The van der Waals surface area contributed by atoms with Gasteiger partial charge in [-0.05, 0) is 43.5 Å². The number of benzene rings is 1. The van der Waals surface area contributed by atoms with Crippen LogP contribution in [0.1, 0.15) is 37.7 Å². The summed E-state index contributed by atoms with van der Waals surface area (Å²) in [5.74, 6) is 0.159. The van der Waals surface area contributed by atoms with Crippen LogP contribution in [0.25, 0.3) is 0 Å². The molecule has 1 saturated carbocycles. The fourth-order valence-corrected chi connectivity index (χ4v) is 3.79. The zero-order valence-corrected chi connectivity index (χ0v) is 14.8. The summed E-state index contributed by atoms with van der Waals surface area (Å²) in [5.41, 5.74) is 2.00. The van der Waals surface area contributed by atoms with Crippen LogP contribution in [0.4, 0.5) is 0 Å². The van der Waals surface area contributed by atoms with Crippen LogP contribution in [0, 0.1) is 0 Å². The molecule has 2 aliphatic rings. The number of hydrogen-bond donors (Lipinski definition) is 2. The summed E-state index contributed by atoms with van der Waals surface area (Å²) < 4.78 is 0.